The van der Waals surface area contributed by atoms with Crippen molar-refractivity contribution >= 4 is 5.91 Å². The number of carbonyl (C=O) groups excluding carboxylic acids is 1. The Morgan fingerprint density at radius 2 is 2.00 bits per heavy atom. The van der Waals surface area contributed by atoms with Gasteiger partial charge in [-0.05, 0) is 32.6 Å². The number of hydrogen-bond acceptors (Lipinski definition) is 4. The van der Waals surface area contributed by atoms with Gasteiger partial charge in [-0.2, -0.15) is 0 Å². The molecule has 110 valence electrons. The first-order valence-electron chi connectivity index (χ1n) is 7.25. The summed E-state index contributed by atoms with van der Waals surface area (Å²) in [5, 5.41) is 9.11. The van der Waals surface area contributed by atoms with Gasteiger partial charge in [0.2, 0.25) is 5.91 Å². The number of ether oxygens (including phenoxy) is 1. The average molecular weight is 270 g/mol. The number of morpholine rings is 1. The molecule has 0 radical (unpaired) electrons. The Labute approximate surface area is 115 Å². The minimum absolute atomic E-state index is 0.150. The number of piperidine rings is 1. The van der Waals surface area contributed by atoms with E-state index in [1.165, 1.54) is 0 Å². The van der Waals surface area contributed by atoms with Crippen LogP contribution in [-0.2, 0) is 9.53 Å². The first-order valence-corrected chi connectivity index (χ1v) is 7.25. The minimum atomic E-state index is -0.150. The van der Waals surface area contributed by atoms with E-state index in [4.69, 9.17) is 9.84 Å². The van der Waals surface area contributed by atoms with Gasteiger partial charge >= 0.3 is 0 Å². The van der Waals surface area contributed by atoms with Crippen molar-refractivity contribution in [2.24, 2.45) is 5.92 Å². The van der Waals surface area contributed by atoms with Crippen molar-refractivity contribution < 1.29 is 14.6 Å². The number of carbonyl (C=O) groups is 1. The summed E-state index contributed by atoms with van der Waals surface area (Å²) in [5.41, 5.74) is -0.150. The molecule has 0 unspecified atom stereocenters. The number of amides is 1. The number of hydrogen-bond donors (Lipinski definition) is 1. The number of nitrogens with zero attached hydrogens (tertiary/aromatic N) is 2. The second kappa shape index (κ2) is 6.20. The second-order valence-electron chi connectivity index (χ2n) is 6.33. The van der Waals surface area contributed by atoms with E-state index in [-0.39, 0.29) is 18.1 Å². The van der Waals surface area contributed by atoms with Crippen LogP contribution in [0.3, 0.4) is 0 Å². The largest absolute Gasteiger partial charge is 0.396 e. The number of aliphatic hydroxyl groups is 1. The molecule has 2 fully saturated rings. The van der Waals surface area contributed by atoms with Crippen LogP contribution in [0.5, 0.6) is 0 Å². The highest BCUT2D eigenvalue weighted by Gasteiger charge is 2.30. The summed E-state index contributed by atoms with van der Waals surface area (Å²) in [5.74, 6) is 0.598. The molecule has 0 aromatic carbocycles. The highest BCUT2D eigenvalue weighted by Crippen LogP contribution is 2.19. The van der Waals surface area contributed by atoms with Gasteiger partial charge in [-0.15, -0.1) is 0 Å². The summed E-state index contributed by atoms with van der Waals surface area (Å²) in [6.45, 7) is 8.81. The highest BCUT2D eigenvalue weighted by atomic mass is 16.5. The van der Waals surface area contributed by atoms with E-state index in [0.717, 1.165) is 39.0 Å². The minimum Gasteiger partial charge on any atom is -0.396 e. The lowest BCUT2D eigenvalue weighted by molar-refractivity contribution is -0.138. The zero-order valence-corrected chi connectivity index (χ0v) is 12.1. The van der Waals surface area contributed by atoms with E-state index in [1.54, 1.807) is 0 Å². The molecule has 19 heavy (non-hydrogen) atoms. The van der Waals surface area contributed by atoms with Crippen molar-refractivity contribution in [1.29, 1.82) is 0 Å². The van der Waals surface area contributed by atoms with E-state index < -0.39 is 0 Å². The van der Waals surface area contributed by atoms with Crippen LogP contribution in [0.15, 0.2) is 0 Å². The Bertz CT molecular complexity index is 312. The fraction of sp³-hybridized carbons (Fsp3) is 0.929. The molecule has 0 saturated carbocycles. The highest BCUT2D eigenvalue weighted by molar-refractivity contribution is 5.78. The molecule has 0 aromatic rings. The third-order valence-corrected chi connectivity index (χ3v) is 4.09. The molecule has 0 aliphatic carbocycles. The van der Waals surface area contributed by atoms with Crippen molar-refractivity contribution in [3.05, 3.63) is 0 Å². The summed E-state index contributed by atoms with van der Waals surface area (Å²) in [6, 6.07) is 0. The standard InChI is InChI=1S/C14H26N2O3/c1-14(2)11-15(7-8-19-14)9-13(18)16-5-3-12(10-17)4-6-16/h12,17H,3-11H2,1-2H3. The monoisotopic (exact) mass is 270 g/mol. The molecule has 0 bridgehead atoms. The second-order valence-corrected chi connectivity index (χ2v) is 6.33. The molecule has 5 heteroatoms. The molecule has 0 atom stereocenters. The molecule has 2 aliphatic rings. The number of likely N-dealkylation sites (tertiary alicyclic amines) is 1. The lowest BCUT2D eigenvalue weighted by atomic mass is 9.98. The Morgan fingerprint density at radius 1 is 1.32 bits per heavy atom. The first kappa shape index (κ1) is 14.8. The number of rotatable bonds is 3. The Balaban J connectivity index is 1.78. The summed E-state index contributed by atoms with van der Waals surface area (Å²) >= 11 is 0. The molecule has 2 aliphatic heterocycles. The van der Waals surface area contributed by atoms with Crippen molar-refractivity contribution in [1.82, 2.24) is 9.80 Å². The fourth-order valence-electron chi connectivity index (χ4n) is 2.91. The quantitative estimate of drug-likeness (QED) is 0.803. The molecular weight excluding hydrogens is 244 g/mol. The Morgan fingerprint density at radius 3 is 2.58 bits per heavy atom. The fourth-order valence-corrected chi connectivity index (χ4v) is 2.91. The van der Waals surface area contributed by atoms with Crippen LogP contribution in [0.1, 0.15) is 26.7 Å². The Kier molecular flexibility index (Phi) is 4.81. The predicted molar refractivity (Wildman–Crippen MR) is 72.9 cm³/mol. The van der Waals surface area contributed by atoms with Gasteiger partial charge in [0, 0.05) is 32.8 Å². The maximum absolute atomic E-state index is 12.3. The summed E-state index contributed by atoms with van der Waals surface area (Å²) in [6.07, 6.45) is 1.85. The van der Waals surface area contributed by atoms with Crippen molar-refractivity contribution in [3.63, 3.8) is 0 Å². The van der Waals surface area contributed by atoms with Gasteiger partial charge in [-0.3, -0.25) is 9.69 Å². The summed E-state index contributed by atoms with van der Waals surface area (Å²) < 4.78 is 5.66. The van der Waals surface area contributed by atoms with Gasteiger partial charge in [0.1, 0.15) is 0 Å². The zero-order chi connectivity index (χ0) is 13.9. The Hall–Kier alpha value is -0.650. The zero-order valence-electron chi connectivity index (χ0n) is 12.1. The van der Waals surface area contributed by atoms with E-state index >= 15 is 0 Å². The molecule has 2 rings (SSSR count). The number of aliphatic hydroxyl groups excluding tert-OH is 1. The van der Waals surface area contributed by atoms with Crippen LogP contribution in [0.2, 0.25) is 0 Å². The van der Waals surface area contributed by atoms with Crippen molar-refractivity contribution in [3.8, 4) is 0 Å². The summed E-state index contributed by atoms with van der Waals surface area (Å²) in [7, 11) is 0. The van der Waals surface area contributed by atoms with Crippen LogP contribution >= 0.6 is 0 Å². The molecule has 1 amide bonds. The normalized spacial score (nSPS) is 25.5. The van der Waals surface area contributed by atoms with E-state index in [0.29, 0.717) is 19.1 Å². The maximum atomic E-state index is 12.3. The molecule has 1 N–H and O–H groups in total. The molecule has 0 aromatic heterocycles. The van der Waals surface area contributed by atoms with Crippen LogP contribution < -0.4 is 0 Å². The lowest BCUT2D eigenvalue weighted by Crippen LogP contribution is -2.52. The molecule has 2 saturated heterocycles. The van der Waals surface area contributed by atoms with Crippen molar-refractivity contribution in [2.75, 3.05) is 45.9 Å². The topological polar surface area (TPSA) is 53.0 Å². The smallest absolute Gasteiger partial charge is 0.236 e. The van der Waals surface area contributed by atoms with Crippen LogP contribution in [-0.4, -0.2) is 72.4 Å². The first-order chi connectivity index (χ1) is 9.00. The van der Waals surface area contributed by atoms with E-state index in [9.17, 15) is 4.79 Å². The maximum Gasteiger partial charge on any atom is 0.236 e. The SMILES string of the molecule is CC1(C)CN(CC(=O)N2CCC(CO)CC2)CCO1. The van der Waals surface area contributed by atoms with E-state index in [2.05, 4.69) is 18.7 Å². The van der Waals surface area contributed by atoms with E-state index in [1.807, 2.05) is 4.90 Å². The van der Waals surface area contributed by atoms with Gasteiger partial charge in [0.05, 0.1) is 18.8 Å². The van der Waals surface area contributed by atoms with Crippen LogP contribution in [0, 0.1) is 5.92 Å². The molecule has 2 heterocycles. The van der Waals surface area contributed by atoms with Gasteiger partial charge in [-0.25, -0.2) is 0 Å². The third-order valence-electron chi connectivity index (χ3n) is 4.09. The van der Waals surface area contributed by atoms with Gasteiger partial charge in [-0.1, -0.05) is 0 Å². The predicted octanol–water partition coefficient (Wildman–Crippen LogP) is 0.328. The van der Waals surface area contributed by atoms with Crippen LogP contribution in [0.25, 0.3) is 0 Å². The van der Waals surface area contributed by atoms with Gasteiger partial charge < -0.3 is 14.7 Å². The average Bonchev–Trinajstić information content (AvgIpc) is 2.37. The molecule has 5 nitrogen and oxygen atoms in total. The summed E-state index contributed by atoms with van der Waals surface area (Å²) in [4.78, 5) is 16.4. The van der Waals surface area contributed by atoms with Crippen LogP contribution in [0.4, 0.5) is 0 Å². The lowest BCUT2D eigenvalue weighted by Gasteiger charge is -2.39. The molecule has 0 spiro atoms. The van der Waals surface area contributed by atoms with Crippen molar-refractivity contribution in [2.45, 2.75) is 32.3 Å². The third kappa shape index (κ3) is 4.16. The van der Waals surface area contributed by atoms with Gasteiger partial charge in [0.25, 0.3) is 0 Å². The molecular formula is C14H26N2O3. The van der Waals surface area contributed by atoms with Gasteiger partial charge in [0.15, 0.2) is 0 Å².